The standard InChI is InChI=1S/C29H33N3O3/c1-19(28-15-20-12-21(16-28)14-22(13-20)17-28)30-25(33)18-32-26(34)29(31-27(32)35,23-8-4-2-5-9-23)24-10-6-3-7-11-24/h2-11,19-22H,12-18H2,1H3,(H,30,33)(H,31,35)/t19-,20?,21?,22?,28?/m0/s1. The lowest BCUT2D eigenvalue weighted by molar-refractivity contribution is -0.135. The van der Waals surface area contributed by atoms with Gasteiger partial charge in [0.05, 0.1) is 0 Å². The van der Waals surface area contributed by atoms with Crippen LogP contribution in [0.1, 0.15) is 56.6 Å². The van der Waals surface area contributed by atoms with E-state index in [0.29, 0.717) is 11.1 Å². The number of rotatable bonds is 6. The van der Waals surface area contributed by atoms with E-state index in [-0.39, 0.29) is 23.9 Å². The Morgan fingerprint density at radius 2 is 1.40 bits per heavy atom. The molecule has 4 aliphatic carbocycles. The third-order valence-corrected chi connectivity index (χ3v) is 9.20. The molecular formula is C29H33N3O3. The van der Waals surface area contributed by atoms with Crippen LogP contribution in [0.25, 0.3) is 0 Å². The van der Waals surface area contributed by atoms with E-state index in [1.807, 2.05) is 60.7 Å². The summed E-state index contributed by atoms with van der Waals surface area (Å²) in [7, 11) is 0. The minimum atomic E-state index is -1.34. The van der Waals surface area contributed by atoms with Gasteiger partial charge in [0.1, 0.15) is 6.54 Å². The van der Waals surface area contributed by atoms with Crippen LogP contribution in [-0.2, 0) is 15.1 Å². The van der Waals surface area contributed by atoms with Crippen molar-refractivity contribution in [2.75, 3.05) is 6.54 Å². The summed E-state index contributed by atoms with van der Waals surface area (Å²) in [4.78, 5) is 41.2. The van der Waals surface area contributed by atoms with Crippen molar-refractivity contribution in [1.82, 2.24) is 15.5 Å². The second-order valence-corrected chi connectivity index (χ2v) is 11.4. The molecule has 6 heteroatoms. The van der Waals surface area contributed by atoms with E-state index in [1.54, 1.807) is 0 Å². The van der Waals surface area contributed by atoms with Crippen molar-refractivity contribution in [1.29, 1.82) is 0 Å². The predicted octanol–water partition coefficient (Wildman–Crippen LogP) is 4.20. The summed E-state index contributed by atoms with van der Waals surface area (Å²) in [5.74, 6) is 1.70. The van der Waals surface area contributed by atoms with E-state index in [2.05, 4.69) is 17.6 Å². The second-order valence-electron chi connectivity index (χ2n) is 11.4. The SMILES string of the molecule is C[C@H](NC(=O)CN1C(=O)NC(c2ccccc2)(c2ccccc2)C1=O)C12CC3CC(CC(C3)C1)C2. The van der Waals surface area contributed by atoms with E-state index in [4.69, 9.17) is 0 Å². The van der Waals surface area contributed by atoms with Crippen LogP contribution in [0.15, 0.2) is 60.7 Å². The molecule has 5 aliphatic rings. The average Bonchev–Trinajstić information content (AvgIpc) is 3.10. The Hall–Kier alpha value is -3.15. The van der Waals surface area contributed by atoms with Crippen molar-refractivity contribution in [2.24, 2.45) is 23.2 Å². The van der Waals surface area contributed by atoms with Crippen LogP contribution < -0.4 is 10.6 Å². The zero-order valence-corrected chi connectivity index (χ0v) is 20.2. The Labute approximate surface area is 206 Å². The van der Waals surface area contributed by atoms with Gasteiger partial charge in [0.2, 0.25) is 5.91 Å². The Balaban J connectivity index is 1.22. The minimum Gasteiger partial charge on any atom is -0.352 e. The first-order valence-corrected chi connectivity index (χ1v) is 12.9. The normalized spacial score (nSPS) is 31.3. The van der Waals surface area contributed by atoms with Crippen molar-refractivity contribution in [3.63, 3.8) is 0 Å². The molecule has 182 valence electrons. The lowest BCUT2D eigenvalue weighted by Crippen LogP contribution is -2.57. The first-order valence-electron chi connectivity index (χ1n) is 12.9. The molecule has 2 N–H and O–H groups in total. The van der Waals surface area contributed by atoms with E-state index in [1.165, 1.54) is 38.5 Å². The molecule has 1 heterocycles. The van der Waals surface area contributed by atoms with Crippen molar-refractivity contribution >= 4 is 17.8 Å². The first kappa shape index (κ1) is 22.3. The summed E-state index contributed by atoms with van der Waals surface area (Å²) in [5, 5.41) is 6.12. The molecule has 1 aliphatic heterocycles. The Kier molecular flexibility index (Phi) is 5.24. The molecule has 0 radical (unpaired) electrons. The molecule has 7 rings (SSSR count). The number of nitrogens with zero attached hydrogens (tertiary/aromatic N) is 1. The number of benzene rings is 2. The number of carbonyl (C=O) groups is 3. The summed E-state index contributed by atoms with van der Waals surface area (Å²) in [6, 6.07) is 18.0. The summed E-state index contributed by atoms with van der Waals surface area (Å²) in [6.45, 7) is 1.85. The molecule has 4 amide bonds. The lowest BCUT2D eigenvalue weighted by Gasteiger charge is -2.59. The third kappa shape index (κ3) is 3.57. The summed E-state index contributed by atoms with van der Waals surface area (Å²) in [6.07, 6.45) is 7.62. The highest BCUT2D eigenvalue weighted by Gasteiger charge is 2.55. The van der Waals surface area contributed by atoms with Gasteiger partial charge in [-0.3, -0.25) is 14.5 Å². The molecule has 0 aromatic heterocycles. The van der Waals surface area contributed by atoms with Crippen LogP contribution in [0, 0.1) is 23.2 Å². The number of nitrogens with one attached hydrogen (secondary N) is 2. The Morgan fingerprint density at radius 1 is 0.914 bits per heavy atom. The van der Waals surface area contributed by atoms with Gasteiger partial charge in [0, 0.05) is 6.04 Å². The van der Waals surface area contributed by atoms with Gasteiger partial charge in [-0.1, -0.05) is 60.7 Å². The highest BCUT2D eigenvalue weighted by molar-refractivity contribution is 6.11. The molecule has 2 aromatic carbocycles. The predicted molar refractivity (Wildman–Crippen MR) is 132 cm³/mol. The zero-order valence-electron chi connectivity index (χ0n) is 20.2. The van der Waals surface area contributed by atoms with Gasteiger partial charge in [-0.05, 0) is 79.7 Å². The van der Waals surface area contributed by atoms with Crippen LogP contribution in [0.2, 0.25) is 0 Å². The van der Waals surface area contributed by atoms with Gasteiger partial charge < -0.3 is 10.6 Å². The molecule has 35 heavy (non-hydrogen) atoms. The van der Waals surface area contributed by atoms with Gasteiger partial charge in [-0.25, -0.2) is 4.79 Å². The highest BCUT2D eigenvalue weighted by Crippen LogP contribution is 2.61. The number of urea groups is 1. The molecule has 4 bridgehead atoms. The van der Waals surface area contributed by atoms with Crippen LogP contribution in [0.5, 0.6) is 0 Å². The largest absolute Gasteiger partial charge is 0.352 e. The Bertz CT molecular complexity index is 1070. The smallest absolute Gasteiger partial charge is 0.326 e. The van der Waals surface area contributed by atoms with Gasteiger partial charge in [-0.15, -0.1) is 0 Å². The summed E-state index contributed by atoms with van der Waals surface area (Å²) < 4.78 is 0. The van der Waals surface area contributed by atoms with Crippen LogP contribution >= 0.6 is 0 Å². The quantitative estimate of drug-likeness (QED) is 0.620. The van der Waals surface area contributed by atoms with Gasteiger partial charge >= 0.3 is 6.03 Å². The minimum absolute atomic E-state index is 0.0390. The molecule has 1 saturated heterocycles. The maximum absolute atomic E-state index is 13.8. The number of carbonyl (C=O) groups excluding carboxylic acids is 3. The van der Waals surface area contributed by atoms with Crippen molar-refractivity contribution in [3.05, 3.63) is 71.8 Å². The monoisotopic (exact) mass is 471 g/mol. The average molecular weight is 472 g/mol. The topological polar surface area (TPSA) is 78.5 Å². The fourth-order valence-corrected chi connectivity index (χ4v) is 7.95. The maximum Gasteiger partial charge on any atom is 0.326 e. The molecule has 1 atom stereocenters. The maximum atomic E-state index is 13.8. The molecule has 4 saturated carbocycles. The Morgan fingerprint density at radius 3 is 1.89 bits per heavy atom. The molecule has 2 aromatic rings. The number of hydrogen-bond donors (Lipinski definition) is 2. The van der Waals surface area contributed by atoms with Crippen molar-refractivity contribution in [2.45, 2.75) is 57.0 Å². The number of imide groups is 1. The van der Waals surface area contributed by atoms with Gasteiger partial charge in [-0.2, -0.15) is 0 Å². The van der Waals surface area contributed by atoms with E-state index >= 15 is 0 Å². The third-order valence-electron chi connectivity index (χ3n) is 9.20. The number of amides is 4. The molecule has 0 spiro atoms. The molecule has 6 nitrogen and oxygen atoms in total. The zero-order chi connectivity index (χ0) is 24.2. The number of hydrogen-bond acceptors (Lipinski definition) is 3. The summed E-state index contributed by atoms with van der Waals surface area (Å²) >= 11 is 0. The van der Waals surface area contributed by atoms with Gasteiger partial charge in [0.25, 0.3) is 5.91 Å². The fraction of sp³-hybridized carbons (Fsp3) is 0.483. The molecular weight excluding hydrogens is 438 g/mol. The van der Waals surface area contributed by atoms with E-state index < -0.39 is 17.5 Å². The first-order chi connectivity index (χ1) is 16.9. The van der Waals surface area contributed by atoms with E-state index in [0.717, 1.165) is 22.7 Å². The molecule has 5 fully saturated rings. The van der Waals surface area contributed by atoms with Crippen LogP contribution in [0.4, 0.5) is 4.79 Å². The fourth-order valence-electron chi connectivity index (χ4n) is 7.95. The van der Waals surface area contributed by atoms with Crippen LogP contribution in [0.3, 0.4) is 0 Å². The molecule has 0 unspecified atom stereocenters. The van der Waals surface area contributed by atoms with E-state index in [9.17, 15) is 14.4 Å². The lowest BCUT2D eigenvalue weighted by atomic mass is 9.48. The van der Waals surface area contributed by atoms with Crippen LogP contribution in [-0.4, -0.2) is 35.3 Å². The van der Waals surface area contributed by atoms with Gasteiger partial charge in [0.15, 0.2) is 5.54 Å². The second kappa shape index (κ2) is 8.21. The van der Waals surface area contributed by atoms with Crippen molar-refractivity contribution < 1.29 is 14.4 Å². The van der Waals surface area contributed by atoms with Crippen molar-refractivity contribution in [3.8, 4) is 0 Å². The summed E-state index contributed by atoms with van der Waals surface area (Å²) in [5.41, 5.74) is 0.175. The highest BCUT2D eigenvalue weighted by atomic mass is 16.2.